The van der Waals surface area contributed by atoms with Crippen LogP contribution in [0, 0.1) is 0 Å². The molecule has 4 heteroatoms. The van der Waals surface area contributed by atoms with E-state index in [0.717, 1.165) is 9.77 Å². The summed E-state index contributed by atoms with van der Waals surface area (Å²) in [4.78, 5) is 14.1. The molecule has 0 saturated heterocycles. The van der Waals surface area contributed by atoms with E-state index in [9.17, 15) is 4.79 Å². The molecule has 0 bridgehead atoms. The second-order valence-corrected chi connectivity index (χ2v) is 5.64. The third-order valence-electron chi connectivity index (χ3n) is 2.47. The number of rotatable bonds is 6. The molecule has 0 atom stereocenters. The number of Topliss-reactive ketones (excluding diaryl/α,β-unsaturated/α-hetero) is 1. The monoisotopic (exact) mass is 278 g/mol. The van der Waals surface area contributed by atoms with Crippen molar-refractivity contribution in [2.45, 2.75) is 11.5 Å². The lowest BCUT2D eigenvalue weighted by atomic mass is 10.1. The van der Waals surface area contributed by atoms with Gasteiger partial charge in [0.2, 0.25) is 0 Å². The Morgan fingerprint density at radius 2 is 2.06 bits per heavy atom. The van der Waals surface area contributed by atoms with Gasteiger partial charge in [-0.15, -0.1) is 23.1 Å². The topological polar surface area (TPSA) is 26.3 Å². The smallest absolute Gasteiger partial charge is 0.188 e. The Balaban J connectivity index is 1.83. The summed E-state index contributed by atoms with van der Waals surface area (Å²) < 4.78 is 5.41. The van der Waals surface area contributed by atoms with Gasteiger partial charge in [0.25, 0.3) is 0 Å². The van der Waals surface area contributed by atoms with Crippen molar-refractivity contribution in [3.8, 4) is 0 Å². The number of ketones is 1. The van der Waals surface area contributed by atoms with Crippen LogP contribution in [0.5, 0.6) is 0 Å². The summed E-state index contributed by atoms with van der Waals surface area (Å²) in [6, 6.07) is 11.6. The first kappa shape index (κ1) is 13.3. The molecule has 2 aromatic rings. The molecule has 94 valence electrons. The summed E-state index contributed by atoms with van der Waals surface area (Å²) in [7, 11) is 0. The molecule has 1 aromatic heterocycles. The van der Waals surface area contributed by atoms with Crippen molar-refractivity contribution >= 4 is 28.9 Å². The van der Waals surface area contributed by atoms with E-state index in [4.69, 9.17) is 4.74 Å². The molecule has 0 radical (unpaired) electrons. The van der Waals surface area contributed by atoms with Gasteiger partial charge in [-0.2, -0.15) is 0 Å². The number of hydrogen-bond acceptors (Lipinski definition) is 4. The minimum Gasteiger partial charge on any atom is -0.368 e. The molecular formula is C14H14O2S2. The summed E-state index contributed by atoms with van der Waals surface area (Å²) in [5.41, 5.74) is 0.707. The highest BCUT2D eigenvalue weighted by atomic mass is 32.2. The van der Waals surface area contributed by atoms with Gasteiger partial charge in [0.05, 0.1) is 6.61 Å². The highest BCUT2D eigenvalue weighted by Gasteiger charge is 2.06. The molecule has 1 heterocycles. The van der Waals surface area contributed by atoms with Crippen LogP contribution in [0.2, 0.25) is 0 Å². The maximum absolute atomic E-state index is 11.8. The molecule has 0 aliphatic rings. The van der Waals surface area contributed by atoms with Crippen molar-refractivity contribution in [1.82, 2.24) is 0 Å². The number of carbonyl (C=O) groups excluding carboxylic acids is 1. The number of benzene rings is 1. The summed E-state index contributed by atoms with van der Waals surface area (Å²) in [5.74, 6) is 0.0270. The molecule has 18 heavy (non-hydrogen) atoms. The Labute approximate surface area is 115 Å². The van der Waals surface area contributed by atoms with E-state index in [1.54, 1.807) is 23.1 Å². The van der Waals surface area contributed by atoms with Crippen LogP contribution >= 0.6 is 23.1 Å². The Bertz CT molecular complexity index is 489. The molecule has 0 aliphatic heterocycles. The van der Waals surface area contributed by atoms with Gasteiger partial charge in [-0.25, -0.2) is 0 Å². The molecule has 2 rings (SSSR count). The third-order valence-corrected chi connectivity index (χ3v) is 4.06. The van der Waals surface area contributed by atoms with Gasteiger partial charge in [-0.05, 0) is 29.8 Å². The van der Waals surface area contributed by atoms with Gasteiger partial charge in [-0.1, -0.05) is 18.2 Å². The van der Waals surface area contributed by atoms with Crippen LogP contribution in [-0.4, -0.2) is 18.6 Å². The van der Waals surface area contributed by atoms with Gasteiger partial charge in [0.1, 0.15) is 6.61 Å². The van der Waals surface area contributed by atoms with E-state index < -0.39 is 0 Å². The average molecular weight is 278 g/mol. The van der Waals surface area contributed by atoms with Gasteiger partial charge in [-0.3, -0.25) is 4.79 Å². The maximum atomic E-state index is 11.8. The zero-order valence-electron chi connectivity index (χ0n) is 10.1. The molecular weight excluding hydrogens is 264 g/mol. The fraction of sp³-hybridized carbons (Fsp3) is 0.214. The maximum Gasteiger partial charge on any atom is 0.188 e. The molecule has 1 aromatic carbocycles. The fourth-order valence-electron chi connectivity index (χ4n) is 1.50. The van der Waals surface area contributed by atoms with Gasteiger partial charge in [0, 0.05) is 15.3 Å². The number of hydrogen-bond donors (Lipinski definition) is 0. The highest BCUT2D eigenvalue weighted by molar-refractivity contribution is 7.98. The van der Waals surface area contributed by atoms with Crippen LogP contribution in [0.1, 0.15) is 15.2 Å². The van der Waals surface area contributed by atoms with E-state index in [0.29, 0.717) is 12.2 Å². The summed E-state index contributed by atoms with van der Waals surface area (Å²) in [6.07, 6.45) is 2.01. The first-order valence-electron chi connectivity index (χ1n) is 5.57. The largest absolute Gasteiger partial charge is 0.368 e. The standard InChI is InChI=1S/C14H14O2S2/c1-17-12-6-4-11(5-7-12)14(15)10-16-9-13-3-2-8-18-13/h2-8H,9-10H2,1H3. The number of thiophene rings is 1. The number of ether oxygens (including phenoxy) is 1. The zero-order chi connectivity index (χ0) is 12.8. The number of carbonyl (C=O) groups is 1. The van der Waals surface area contributed by atoms with Crippen LogP contribution in [0.3, 0.4) is 0 Å². The fourth-order valence-corrected chi connectivity index (χ4v) is 2.55. The van der Waals surface area contributed by atoms with E-state index in [-0.39, 0.29) is 12.4 Å². The quantitative estimate of drug-likeness (QED) is 0.592. The summed E-state index contributed by atoms with van der Waals surface area (Å²) in [5, 5.41) is 2.00. The SMILES string of the molecule is CSc1ccc(C(=O)COCc2cccs2)cc1. The normalized spacial score (nSPS) is 10.5. The minimum absolute atomic E-state index is 0.0270. The van der Waals surface area contributed by atoms with Crippen molar-refractivity contribution in [2.75, 3.05) is 12.9 Å². The molecule has 0 fully saturated rings. The van der Waals surface area contributed by atoms with Crippen molar-refractivity contribution in [2.24, 2.45) is 0 Å². The van der Waals surface area contributed by atoms with Crippen LogP contribution in [-0.2, 0) is 11.3 Å². The van der Waals surface area contributed by atoms with Gasteiger partial charge in [0.15, 0.2) is 5.78 Å². The second kappa shape index (κ2) is 6.73. The Kier molecular flexibility index (Phi) is 4.99. The molecule has 0 aliphatic carbocycles. The summed E-state index contributed by atoms with van der Waals surface area (Å²) >= 11 is 3.30. The van der Waals surface area contributed by atoms with Crippen LogP contribution in [0.15, 0.2) is 46.7 Å². The molecule has 0 unspecified atom stereocenters. The predicted molar refractivity (Wildman–Crippen MR) is 76.5 cm³/mol. The van der Waals surface area contributed by atoms with E-state index in [2.05, 4.69) is 0 Å². The molecule has 2 nitrogen and oxygen atoms in total. The lowest BCUT2D eigenvalue weighted by Crippen LogP contribution is -2.08. The van der Waals surface area contributed by atoms with Crippen molar-refractivity contribution in [3.05, 3.63) is 52.2 Å². The lowest BCUT2D eigenvalue weighted by Gasteiger charge is -2.03. The van der Waals surface area contributed by atoms with Crippen molar-refractivity contribution in [1.29, 1.82) is 0 Å². The minimum atomic E-state index is 0.0270. The zero-order valence-corrected chi connectivity index (χ0v) is 11.7. The van der Waals surface area contributed by atoms with Crippen LogP contribution in [0.25, 0.3) is 0 Å². The predicted octanol–water partition coefficient (Wildman–Crippen LogP) is 3.87. The number of thioether (sulfide) groups is 1. The van der Waals surface area contributed by atoms with Crippen molar-refractivity contribution < 1.29 is 9.53 Å². The van der Waals surface area contributed by atoms with E-state index >= 15 is 0 Å². The Hall–Kier alpha value is -1.10. The average Bonchev–Trinajstić information content (AvgIpc) is 2.92. The first-order chi connectivity index (χ1) is 8.79. The molecule has 0 saturated carbocycles. The first-order valence-corrected chi connectivity index (χ1v) is 7.67. The van der Waals surface area contributed by atoms with Crippen molar-refractivity contribution in [3.63, 3.8) is 0 Å². The lowest BCUT2D eigenvalue weighted by molar-refractivity contribution is 0.0731. The molecule has 0 spiro atoms. The highest BCUT2D eigenvalue weighted by Crippen LogP contribution is 2.15. The van der Waals surface area contributed by atoms with Crippen LogP contribution < -0.4 is 0 Å². The van der Waals surface area contributed by atoms with Gasteiger partial charge < -0.3 is 4.74 Å². The molecule has 0 N–H and O–H groups in total. The van der Waals surface area contributed by atoms with Crippen LogP contribution in [0.4, 0.5) is 0 Å². The molecule has 0 amide bonds. The summed E-state index contributed by atoms with van der Waals surface area (Å²) in [6.45, 7) is 0.642. The Morgan fingerprint density at radius 1 is 1.28 bits per heavy atom. The van der Waals surface area contributed by atoms with E-state index in [1.165, 1.54) is 0 Å². The second-order valence-electron chi connectivity index (χ2n) is 3.72. The third kappa shape index (κ3) is 3.70. The van der Waals surface area contributed by atoms with Gasteiger partial charge >= 0.3 is 0 Å². The van der Waals surface area contributed by atoms with E-state index in [1.807, 2.05) is 48.0 Å². The Morgan fingerprint density at radius 3 is 2.67 bits per heavy atom.